The molecule has 2 aliphatic rings. The van der Waals surface area contributed by atoms with E-state index in [0.29, 0.717) is 56.4 Å². The summed E-state index contributed by atoms with van der Waals surface area (Å²) < 4.78 is 0. The largest absolute Gasteiger partial charge is 0.481 e. The van der Waals surface area contributed by atoms with Crippen LogP contribution in [-0.4, -0.2) is 237 Å². The van der Waals surface area contributed by atoms with Crippen molar-refractivity contribution in [2.24, 2.45) is 23.3 Å². The van der Waals surface area contributed by atoms with Crippen molar-refractivity contribution in [3.8, 4) is 0 Å². The lowest BCUT2D eigenvalue weighted by atomic mass is 10.0. The fourth-order valence-corrected chi connectivity index (χ4v) is 10.4. The van der Waals surface area contributed by atoms with E-state index in [1.54, 1.807) is 64.3 Å². The number of nitrogens with zero attached hydrogens (tertiary/aromatic N) is 2. The van der Waals surface area contributed by atoms with Gasteiger partial charge in [0.2, 0.25) is 65.0 Å². The lowest BCUT2D eigenvalue weighted by molar-refractivity contribution is -0.147. The Kier molecular flexibility index (Phi) is 33.0. The standard InChI is InChI=1S/C57H91N13O18S/c1-31(2)25-37(48(78)63-36(57(87)88)20-24-89-5)61-44(74)27-60-54(84)46(32(3)4)68-49(79)38(26-33-13-7-6-8-14-33)64-47(77)35(18-19-45(75)76)62-50(80)39(28-71)65-51(81)40(29-72)66-52(82)41(30-73)67-53(83)42-16-11-22-69(42)56(86)43-17-12-23-70(43)55(85)34(59)15-9-10-21-58/h6-8,13-14,31-32,34-43,46,71-73H,9-12,15-30,58-59H2,1-5H3,(H,60,84)(H,61,74)(H,62,80)(H,63,78)(H,64,77)(H,65,81)(H,66,82)(H,67,83)(H,68,79)(H,75,76)(H,87,88)/t34-,35-,36-,37-,38-,39-,40-,41-,42-,43-,46-/m0/s1. The van der Waals surface area contributed by atoms with Crippen LogP contribution < -0.4 is 59.3 Å². The summed E-state index contributed by atoms with van der Waals surface area (Å²) in [6.45, 7) is 3.56. The zero-order valence-corrected chi connectivity index (χ0v) is 51.9. The van der Waals surface area contributed by atoms with Gasteiger partial charge < -0.3 is 94.7 Å². The third-order valence-electron chi connectivity index (χ3n) is 14.8. The predicted octanol–water partition coefficient (Wildman–Crippen LogP) is -4.96. The third kappa shape index (κ3) is 24.8. The number of carboxylic acids is 2. The van der Waals surface area contributed by atoms with Gasteiger partial charge in [-0.3, -0.25) is 57.5 Å². The van der Waals surface area contributed by atoms with E-state index in [4.69, 9.17) is 11.5 Å². The van der Waals surface area contributed by atoms with Gasteiger partial charge in [0.05, 0.1) is 32.4 Å². The Balaban J connectivity index is 1.72. The van der Waals surface area contributed by atoms with Gasteiger partial charge >= 0.3 is 11.9 Å². The van der Waals surface area contributed by atoms with Crippen LogP contribution in [-0.2, 0) is 68.7 Å². The molecule has 0 radical (unpaired) electrons. The number of hydrogen-bond donors (Lipinski definition) is 16. The van der Waals surface area contributed by atoms with E-state index in [0.717, 1.165) is 0 Å². The van der Waals surface area contributed by atoms with E-state index in [2.05, 4.69) is 47.9 Å². The zero-order valence-electron chi connectivity index (χ0n) is 51.0. The van der Waals surface area contributed by atoms with E-state index in [1.165, 1.54) is 21.6 Å². The summed E-state index contributed by atoms with van der Waals surface area (Å²) in [5, 5.41) is 71.3. The van der Waals surface area contributed by atoms with Crippen LogP contribution in [0.15, 0.2) is 30.3 Å². The average Bonchev–Trinajstić information content (AvgIpc) is 2.35. The summed E-state index contributed by atoms with van der Waals surface area (Å²) in [6, 6.07) is -7.33. The van der Waals surface area contributed by atoms with Gasteiger partial charge in [0, 0.05) is 25.9 Å². The van der Waals surface area contributed by atoms with Gasteiger partial charge in [-0.1, -0.05) is 64.4 Å². The smallest absolute Gasteiger partial charge is 0.326 e. The second kappa shape index (κ2) is 38.8. The van der Waals surface area contributed by atoms with Crippen molar-refractivity contribution in [2.45, 2.75) is 171 Å². The second-order valence-electron chi connectivity index (χ2n) is 22.6. The van der Waals surface area contributed by atoms with Crippen LogP contribution >= 0.6 is 11.8 Å². The molecule has 1 aromatic carbocycles. The SMILES string of the molecule is CSCC[C@H](NC(=O)[C@H](CC(C)C)NC(=O)CNC(=O)[C@@H](NC(=O)[C@H](Cc1ccccc1)NC(=O)[C@H](CCC(=O)O)NC(=O)[C@H](CO)NC(=O)[C@H](CO)NC(=O)[C@H](CO)NC(=O)[C@@H]1CCCN1C(=O)[C@@H]1CCCN1C(=O)[C@@H](N)CCCCN)C(C)C)C(=O)O. The summed E-state index contributed by atoms with van der Waals surface area (Å²) in [4.78, 5) is 176. The molecule has 0 bridgehead atoms. The van der Waals surface area contributed by atoms with Crippen LogP contribution in [0.1, 0.15) is 104 Å². The molecule has 11 atom stereocenters. The molecule has 0 spiro atoms. The summed E-state index contributed by atoms with van der Waals surface area (Å²) in [5.41, 5.74) is 12.2. The van der Waals surface area contributed by atoms with E-state index in [-0.39, 0.29) is 44.7 Å². The van der Waals surface area contributed by atoms with Gasteiger partial charge in [-0.25, -0.2) is 4.79 Å². The molecule has 2 heterocycles. The van der Waals surface area contributed by atoms with Crippen LogP contribution in [0.25, 0.3) is 0 Å². The van der Waals surface area contributed by atoms with Gasteiger partial charge in [0.15, 0.2) is 0 Å². The van der Waals surface area contributed by atoms with E-state index < -0.39 is 189 Å². The molecule has 498 valence electrons. The summed E-state index contributed by atoms with van der Waals surface area (Å²) in [7, 11) is 0. The van der Waals surface area contributed by atoms with Crippen LogP contribution in [0.2, 0.25) is 0 Å². The van der Waals surface area contributed by atoms with Crippen molar-refractivity contribution in [1.82, 2.24) is 57.7 Å². The average molecular weight is 1280 g/mol. The number of nitrogens with one attached hydrogen (secondary N) is 9. The molecular weight excluding hydrogens is 1190 g/mol. The van der Waals surface area contributed by atoms with Crippen molar-refractivity contribution in [3.63, 3.8) is 0 Å². The number of aliphatic hydroxyl groups excluding tert-OH is 3. The van der Waals surface area contributed by atoms with Gasteiger partial charge in [0.1, 0.15) is 60.4 Å². The number of amides is 11. The van der Waals surface area contributed by atoms with E-state index in [1.807, 2.05) is 0 Å². The molecule has 0 aliphatic carbocycles. The quantitative estimate of drug-likeness (QED) is 0.0275. The van der Waals surface area contributed by atoms with Crippen molar-refractivity contribution in [2.75, 3.05) is 58.0 Å². The molecule has 0 saturated carbocycles. The van der Waals surface area contributed by atoms with Crippen LogP contribution in [0, 0.1) is 11.8 Å². The number of carbonyl (C=O) groups is 13. The molecule has 0 unspecified atom stereocenters. The maximum absolute atomic E-state index is 14.2. The first kappa shape index (κ1) is 75.7. The molecule has 0 aromatic heterocycles. The minimum Gasteiger partial charge on any atom is -0.481 e. The number of aliphatic hydroxyl groups is 3. The number of nitrogens with two attached hydrogens (primary N) is 2. The molecule has 32 heteroatoms. The topological polar surface area (TPSA) is 490 Å². The highest BCUT2D eigenvalue weighted by molar-refractivity contribution is 7.98. The summed E-state index contributed by atoms with van der Waals surface area (Å²) in [6.07, 6.45) is 3.51. The fraction of sp³-hybridized carbons (Fsp3) is 0.667. The highest BCUT2D eigenvalue weighted by Crippen LogP contribution is 2.26. The number of aliphatic carboxylic acids is 2. The van der Waals surface area contributed by atoms with E-state index in [9.17, 15) is 87.9 Å². The minimum atomic E-state index is -1.95. The predicted molar refractivity (Wildman–Crippen MR) is 322 cm³/mol. The Labute approximate surface area is 520 Å². The number of rotatable bonds is 39. The molecule has 2 fully saturated rings. The van der Waals surface area contributed by atoms with Crippen LogP contribution in [0.3, 0.4) is 0 Å². The Bertz CT molecular complexity index is 2590. The molecule has 1 aromatic rings. The summed E-state index contributed by atoms with van der Waals surface area (Å²) >= 11 is 1.39. The monoisotopic (exact) mass is 1280 g/mol. The number of likely N-dealkylation sites (tertiary alicyclic amines) is 2. The molecule has 3 rings (SSSR count). The first-order chi connectivity index (χ1) is 42.2. The maximum atomic E-state index is 14.2. The lowest BCUT2D eigenvalue weighted by Crippen LogP contribution is -2.62. The van der Waals surface area contributed by atoms with Crippen molar-refractivity contribution >= 4 is 88.7 Å². The first-order valence-corrected chi connectivity index (χ1v) is 31.2. The first-order valence-electron chi connectivity index (χ1n) is 29.8. The van der Waals surface area contributed by atoms with Gasteiger partial charge in [0.25, 0.3) is 0 Å². The number of carboxylic acid groups (broad SMARTS) is 2. The minimum absolute atomic E-state index is 0.124. The fourth-order valence-electron chi connectivity index (χ4n) is 9.94. The Morgan fingerprint density at radius 2 is 1.11 bits per heavy atom. The van der Waals surface area contributed by atoms with Gasteiger partial charge in [-0.05, 0) is 93.7 Å². The molecule has 18 N–H and O–H groups in total. The molecular formula is C57H91N13O18S. The highest BCUT2D eigenvalue weighted by atomic mass is 32.2. The molecule has 31 nitrogen and oxygen atoms in total. The van der Waals surface area contributed by atoms with E-state index >= 15 is 0 Å². The highest BCUT2D eigenvalue weighted by Gasteiger charge is 2.44. The normalized spacial score (nSPS) is 17.7. The Hall–Kier alpha value is -7.52. The molecule has 2 aliphatic heterocycles. The van der Waals surface area contributed by atoms with Crippen LogP contribution in [0.5, 0.6) is 0 Å². The molecule has 11 amide bonds. The van der Waals surface area contributed by atoms with Gasteiger partial charge in [-0.15, -0.1) is 0 Å². The van der Waals surface area contributed by atoms with Gasteiger partial charge in [-0.2, -0.15) is 11.8 Å². The number of unbranched alkanes of at least 4 members (excludes halogenated alkanes) is 1. The molecule has 2 saturated heterocycles. The Morgan fingerprint density at radius 1 is 0.596 bits per heavy atom. The molecule has 89 heavy (non-hydrogen) atoms. The number of thioether (sulfide) groups is 1. The number of benzene rings is 1. The van der Waals surface area contributed by atoms with Crippen molar-refractivity contribution in [3.05, 3.63) is 35.9 Å². The third-order valence-corrected chi connectivity index (χ3v) is 15.5. The zero-order chi connectivity index (χ0) is 66.5. The summed E-state index contributed by atoms with van der Waals surface area (Å²) in [5.74, 6) is -13.0. The number of carbonyl (C=O) groups excluding carboxylic acids is 11. The lowest BCUT2D eigenvalue weighted by Gasteiger charge is -2.32. The Morgan fingerprint density at radius 3 is 1.65 bits per heavy atom. The maximum Gasteiger partial charge on any atom is 0.326 e. The van der Waals surface area contributed by atoms with Crippen molar-refractivity contribution < 1.29 is 87.9 Å². The second-order valence-corrected chi connectivity index (χ2v) is 23.6. The number of hydrogen-bond acceptors (Lipinski definition) is 19. The van der Waals surface area contributed by atoms with Crippen LogP contribution in [0.4, 0.5) is 0 Å². The van der Waals surface area contributed by atoms with Crippen molar-refractivity contribution in [1.29, 1.82) is 0 Å².